The van der Waals surface area contributed by atoms with Gasteiger partial charge >= 0.3 is 5.69 Å². The summed E-state index contributed by atoms with van der Waals surface area (Å²) >= 11 is 0. The van der Waals surface area contributed by atoms with Gasteiger partial charge in [0.25, 0.3) is 5.56 Å². The molecule has 0 unspecified atom stereocenters. The molecule has 2 heterocycles. The minimum atomic E-state index is -0.635. The van der Waals surface area contributed by atoms with Gasteiger partial charge < -0.3 is 10.4 Å². The molecule has 0 bridgehead atoms. The van der Waals surface area contributed by atoms with Crippen molar-refractivity contribution < 1.29 is 9.50 Å². The first-order chi connectivity index (χ1) is 12.3. The zero-order chi connectivity index (χ0) is 19.0. The smallest absolute Gasteiger partial charge is 0.332 e. The first kappa shape index (κ1) is 17.9. The van der Waals surface area contributed by atoms with Gasteiger partial charge in [0.05, 0.1) is 12.6 Å². The van der Waals surface area contributed by atoms with E-state index in [1.165, 1.54) is 30.8 Å². The van der Waals surface area contributed by atoms with Crippen molar-refractivity contribution in [1.82, 2.24) is 18.7 Å². The average molecular weight is 361 g/mol. The highest BCUT2D eigenvalue weighted by Crippen LogP contribution is 2.18. The van der Waals surface area contributed by atoms with E-state index in [2.05, 4.69) is 10.3 Å². The Morgan fingerprint density at radius 3 is 2.65 bits per heavy atom. The van der Waals surface area contributed by atoms with Gasteiger partial charge in [-0.05, 0) is 24.6 Å². The Hall–Kier alpha value is -2.94. The van der Waals surface area contributed by atoms with E-state index in [0.717, 1.165) is 4.57 Å². The molecule has 0 saturated heterocycles. The number of halogens is 1. The number of nitrogens with one attached hydrogen (secondary N) is 1. The average Bonchev–Trinajstić information content (AvgIpc) is 2.95. The number of imidazole rings is 1. The summed E-state index contributed by atoms with van der Waals surface area (Å²) in [6.07, 6.45) is -0.635. The maximum atomic E-state index is 13.5. The molecule has 0 fully saturated rings. The normalized spacial score (nSPS) is 12.5. The fourth-order valence-electron chi connectivity index (χ4n) is 2.79. The van der Waals surface area contributed by atoms with Gasteiger partial charge in [-0.1, -0.05) is 12.1 Å². The molecule has 1 atom stereocenters. The molecule has 9 heteroatoms. The van der Waals surface area contributed by atoms with Gasteiger partial charge in [-0.3, -0.25) is 18.5 Å². The molecule has 2 aromatic heterocycles. The number of anilines is 1. The summed E-state index contributed by atoms with van der Waals surface area (Å²) in [6, 6.07) is 6.03. The Kier molecular flexibility index (Phi) is 4.64. The van der Waals surface area contributed by atoms with Gasteiger partial charge in [-0.15, -0.1) is 0 Å². The van der Waals surface area contributed by atoms with Crippen LogP contribution in [0.1, 0.15) is 12.5 Å². The zero-order valence-electron chi connectivity index (χ0n) is 14.7. The number of aryl methyl sites for hydroxylation is 1. The zero-order valence-corrected chi connectivity index (χ0v) is 14.7. The number of hydrogen-bond donors (Lipinski definition) is 2. The topological polar surface area (TPSA) is 94.1 Å². The van der Waals surface area contributed by atoms with E-state index in [1.54, 1.807) is 23.6 Å². The number of aliphatic hydroxyl groups is 1. The summed E-state index contributed by atoms with van der Waals surface area (Å²) < 4.78 is 17.4. The highest BCUT2D eigenvalue weighted by Gasteiger charge is 2.19. The Morgan fingerprint density at radius 1 is 1.27 bits per heavy atom. The van der Waals surface area contributed by atoms with Crippen LogP contribution in [0, 0.1) is 5.82 Å². The van der Waals surface area contributed by atoms with Crippen LogP contribution in [-0.2, 0) is 20.6 Å². The number of hydrogen-bond acceptors (Lipinski definition) is 5. The lowest BCUT2D eigenvalue weighted by atomic mass is 10.2. The second kappa shape index (κ2) is 6.75. The molecule has 0 aliphatic heterocycles. The van der Waals surface area contributed by atoms with Crippen LogP contribution in [0.2, 0.25) is 0 Å². The van der Waals surface area contributed by atoms with E-state index in [-0.39, 0.29) is 30.1 Å². The van der Waals surface area contributed by atoms with Gasteiger partial charge in [0, 0.05) is 20.6 Å². The largest absolute Gasteiger partial charge is 0.392 e. The first-order valence-electron chi connectivity index (χ1n) is 8.12. The standard InChI is InChI=1S/C17H20FN5O3/c1-10(24)8-19-16-20-14-13(15(25)22(3)17(26)21(14)2)23(16)9-11-5-4-6-12(18)7-11/h4-7,10,24H,8-9H2,1-3H3,(H,19,20)/t10-/m1/s1. The molecular formula is C17H20FN5O3. The lowest BCUT2D eigenvalue weighted by molar-refractivity contribution is 0.208. The first-order valence-corrected chi connectivity index (χ1v) is 8.12. The number of fused-ring (bicyclic) bond motifs is 1. The lowest BCUT2D eigenvalue weighted by Crippen LogP contribution is -2.37. The van der Waals surface area contributed by atoms with Crippen LogP contribution >= 0.6 is 0 Å². The molecular weight excluding hydrogens is 341 g/mol. The molecule has 2 N–H and O–H groups in total. The number of rotatable bonds is 5. The third kappa shape index (κ3) is 3.13. The number of nitrogens with zero attached hydrogens (tertiary/aromatic N) is 4. The Balaban J connectivity index is 2.24. The summed E-state index contributed by atoms with van der Waals surface area (Å²) in [5.41, 5.74) is 0.118. The van der Waals surface area contributed by atoms with E-state index < -0.39 is 17.4 Å². The van der Waals surface area contributed by atoms with Gasteiger partial charge in [-0.2, -0.15) is 4.98 Å². The third-order valence-electron chi connectivity index (χ3n) is 4.13. The Morgan fingerprint density at radius 2 is 2.00 bits per heavy atom. The van der Waals surface area contributed by atoms with Crippen LogP contribution in [0.4, 0.5) is 10.3 Å². The van der Waals surface area contributed by atoms with Gasteiger partial charge in [0.15, 0.2) is 11.2 Å². The van der Waals surface area contributed by atoms with E-state index in [4.69, 9.17) is 0 Å². The molecule has 1 aromatic carbocycles. The molecule has 138 valence electrons. The molecule has 0 amide bonds. The molecule has 8 nitrogen and oxygen atoms in total. The molecule has 3 rings (SSSR count). The Bertz CT molecular complexity index is 1080. The molecule has 0 aliphatic rings. The molecule has 0 aliphatic carbocycles. The molecule has 0 radical (unpaired) electrons. The SMILES string of the molecule is C[C@@H](O)CNc1nc2c(c(=O)n(C)c(=O)n2C)n1Cc1cccc(F)c1. The molecule has 0 saturated carbocycles. The van der Waals surface area contributed by atoms with Crippen molar-refractivity contribution >= 4 is 17.1 Å². The number of aliphatic hydroxyl groups excluding tert-OH is 1. The second-order valence-corrected chi connectivity index (χ2v) is 6.26. The number of benzene rings is 1. The van der Waals surface area contributed by atoms with Crippen molar-refractivity contribution in [3.63, 3.8) is 0 Å². The lowest BCUT2D eigenvalue weighted by Gasteiger charge is -2.12. The summed E-state index contributed by atoms with van der Waals surface area (Å²) in [5, 5.41) is 12.5. The molecule has 3 aromatic rings. The fraction of sp³-hybridized carbons (Fsp3) is 0.353. The van der Waals surface area contributed by atoms with E-state index in [1.807, 2.05) is 0 Å². The van der Waals surface area contributed by atoms with Crippen LogP contribution in [0.5, 0.6) is 0 Å². The molecule has 26 heavy (non-hydrogen) atoms. The van der Waals surface area contributed by atoms with Crippen molar-refractivity contribution in [2.45, 2.75) is 19.6 Å². The van der Waals surface area contributed by atoms with E-state index >= 15 is 0 Å². The van der Waals surface area contributed by atoms with Crippen molar-refractivity contribution in [3.05, 3.63) is 56.5 Å². The van der Waals surface area contributed by atoms with E-state index in [9.17, 15) is 19.1 Å². The summed E-state index contributed by atoms with van der Waals surface area (Å²) in [5.74, 6) is -0.0609. The highest BCUT2D eigenvalue weighted by molar-refractivity contribution is 5.74. The second-order valence-electron chi connectivity index (χ2n) is 6.26. The van der Waals surface area contributed by atoms with Crippen molar-refractivity contribution in [3.8, 4) is 0 Å². The maximum Gasteiger partial charge on any atom is 0.332 e. The monoisotopic (exact) mass is 361 g/mol. The maximum absolute atomic E-state index is 13.5. The van der Waals surface area contributed by atoms with Crippen molar-refractivity contribution in [2.24, 2.45) is 14.1 Å². The number of aromatic nitrogens is 4. The predicted molar refractivity (Wildman–Crippen MR) is 95.9 cm³/mol. The Labute approximate surface area is 148 Å². The minimum Gasteiger partial charge on any atom is -0.392 e. The minimum absolute atomic E-state index is 0.184. The summed E-state index contributed by atoms with van der Waals surface area (Å²) in [4.78, 5) is 29.2. The van der Waals surface area contributed by atoms with E-state index in [0.29, 0.717) is 11.5 Å². The van der Waals surface area contributed by atoms with Crippen LogP contribution in [0.3, 0.4) is 0 Å². The fourth-order valence-corrected chi connectivity index (χ4v) is 2.79. The predicted octanol–water partition coefficient (Wildman–Crippen LogP) is 0.414. The van der Waals surface area contributed by atoms with Crippen LogP contribution < -0.4 is 16.6 Å². The summed E-state index contributed by atoms with van der Waals surface area (Å²) in [7, 11) is 2.93. The highest BCUT2D eigenvalue weighted by atomic mass is 19.1. The van der Waals surface area contributed by atoms with Crippen LogP contribution in [0.15, 0.2) is 33.9 Å². The molecule has 0 spiro atoms. The third-order valence-corrected chi connectivity index (χ3v) is 4.13. The van der Waals surface area contributed by atoms with Crippen molar-refractivity contribution in [2.75, 3.05) is 11.9 Å². The van der Waals surface area contributed by atoms with Gasteiger partial charge in [0.1, 0.15) is 5.82 Å². The summed E-state index contributed by atoms with van der Waals surface area (Å²) in [6.45, 7) is 2.01. The van der Waals surface area contributed by atoms with Gasteiger partial charge in [0.2, 0.25) is 5.95 Å². The van der Waals surface area contributed by atoms with Crippen LogP contribution in [-0.4, -0.2) is 36.4 Å². The van der Waals surface area contributed by atoms with Crippen molar-refractivity contribution in [1.29, 1.82) is 0 Å². The van der Waals surface area contributed by atoms with Crippen LogP contribution in [0.25, 0.3) is 11.2 Å². The quantitative estimate of drug-likeness (QED) is 0.687. The van der Waals surface area contributed by atoms with Gasteiger partial charge in [-0.25, -0.2) is 9.18 Å².